The van der Waals surface area contributed by atoms with Crippen LogP contribution >= 0.6 is 11.6 Å². The van der Waals surface area contributed by atoms with Crippen LogP contribution in [0.3, 0.4) is 0 Å². The van der Waals surface area contributed by atoms with E-state index in [1.54, 1.807) is 7.11 Å². The summed E-state index contributed by atoms with van der Waals surface area (Å²) in [5.41, 5.74) is 0. The number of halogens is 1. The van der Waals surface area contributed by atoms with Crippen LogP contribution < -0.4 is 0 Å². The van der Waals surface area contributed by atoms with E-state index < -0.39 is 0 Å². The lowest BCUT2D eigenvalue weighted by Crippen LogP contribution is -2.08. The summed E-state index contributed by atoms with van der Waals surface area (Å²) in [6, 6.07) is 0. The van der Waals surface area contributed by atoms with Crippen LogP contribution in [0.15, 0.2) is 0 Å². The molecular weight excluding hydrogens is 192 g/mol. The lowest BCUT2D eigenvalue weighted by Gasteiger charge is -1.94. The summed E-state index contributed by atoms with van der Waals surface area (Å²) in [7, 11) is 1.66. The number of epoxide rings is 1. The molecule has 0 N–H and O–H groups in total. The lowest BCUT2D eigenvalue weighted by molar-refractivity contribution is 0.144. The van der Waals surface area contributed by atoms with Gasteiger partial charge in [-0.1, -0.05) is 11.8 Å². The van der Waals surface area contributed by atoms with Crippen molar-refractivity contribution in [1.82, 2.24) is 0 Å². The number of rotatable bonds is 5. The topological polar surface area (TPSA) is 31.0 Å². The van der Waals surface area contributed by atoms with Gasteiger partial charge in [0.05, 0.1) is 19.1 Å². The molecule has 0 radical (unpaired) electrons. The number of alkyl halides is 1. The minimum atomic E-state index is 0.192. The molecule has 0 bridgehead atoms. The summed E-state index contributed by atoms with van der Waals surface area (Å²) in [6.07, 6.45) is 0.406. The molecule has 1 aliphatic rings. The van der Waals surface area contributed by atoms with Crippen LogP contribution in [-0.4, -0.2) is 45.0 Å². The standard InChI is InChI=1S/C9H13ClO3/c1-11-6-8-9(13-8)7-12-5-3-2-4-10/h8-9H,4-7H2,1H3/t8-,9+/m1/s1. The third kappa shape index (κ3) is 4.49. The van der Waals surface area contributed by atoms with Crippen molar-refractivity contribution in [2.75, 3.05) is 32.8 Å². The Morgan fingerprint density at radius 1 is 1.31 bits per heavy atom. The van der Waals surface area contributed by atoms with Crippen molar-refractivity contribution in [3.8, 4) is 11.8 Å². The quantitative estimate of drug-likeness (QED) is 0.285. The highest BCUT2D eigenvalue weighted by atomic mass is 35.5. The molecule has 0 aliphatic carbocycles. The maximum atomic E-state index is 5.35. The normalized spacial score (nSPS) is 25.1. The van der Waals surface area contributed by atoms with Crippen molar-refractivity contribution < 1.29 is 14.2 Å². The Bertz CT molecular complexity index is 197. The van der Waals surface area contributed by atoms with Gasteiger partial charge in [0.25, 0.3) is 0 Å². The highest BCUT2D eigenvalue weighted by molar-refractivity contribution is 6.19. The van der Waals surface area contributed by atoms with Gasteiger partial charge in [-0.05, 0) is 0 Å². The molecule has 1 saturated heterocycles. The van der Waals surface area contributed by atoms with Crippen LogP contribution in [-0.2, 0) is 14.2 Å². The van der Waals surface area contributed by atoms with Crippen molar-refractivity contribution in [3.63, 3.8) is 0 Å². The predicted molar refractivity (Wildman–Crippen MR) is 49.9 cm³/mol. The second kappa shape index (κ2) is 6.22. The molecule has 0 saturated carbocycles. The maximum Gasteiger partial charge on any atom is 0.110 e. The Balaban J connectivity index is 1.91. The third-order valence-corrected chi connectivity index (χ3v) is 1.80. The van der Waals surface area contributed by atoms with Crippen LogP contribution in [0.2, 0.25) is 0 Å². The zero-order chi connectivity index (χ0) is 9.52. The number of hydrogen-bond donors (Lipinski definition) is 0. The van der Waals surface area contributed by atoms with E-state index in [-0.39, 0.29) is 12.2 Å². The summed E-state index contributed by atoms with van der Waals surface area (Å²) in [5, 5.41) is 0. The van der Waals surface area contributed by atoms with E-state index >= 15 is 0 Å². The Labute approximate surface area is 83.3 Å². The number of hydrogen-bond acceptors (Lipinski definition) is 3. The van der Waals surface area contributed by atoms with E-state index in [2.05, 4.69) is 11.8 Å². The molecule has 3 nitrogen and oxygen atoms in total. The van der Waals surface area contributed by atoms with E-state index in [1.165, 1.54) is 0 Å². The Morgan fingerprint density at radius 2 is 2.08 bits per heavy atom. The first-order valence-electron chi connectivity index (χ1n) is 4.12. The molecule has 2 atom stereocenters. The summed E-state index contributed by atoms with van der Waals surface area (Å²) < 4.78 is 15.4. The first-order valence-corrected chi connectivity index (χ1v) is 4.65. The van der Waals surface area contributed by atoms with Crippen LogP contribution in [0.4, 0.5) is 0 Å². The zero-order valence-electron chi connectivity index (χ0n) is 7.59. The van der Waals surface area contributed by atoms with Gasteiger partial charge in [-0.3, -0.25) is 0 Å². The van der Waals surface area contributed by atoms with Gasteiger partial charge in [0, 0.05) is 7.11 Å². The van der Waals surface area contributed by atoms with Gasteiger partial charge in [-0.15, -0.1) is 11.6 Å². The molecule has 1 rings (SSSR count). The molecular formula is C9H13ClO3. The van der Waals surface area contributed by atoms with Crippen LogP contribution in [0.5, 0.6) is 0 Å². The number of methoxy groups -OCH3 is 1. The minimum Gasteiger partial charge on any atom is -0.382 e. The van der Waals surface area contributed by atoms with Crippen LogP contribution in [0.25, 0.3) is 0 Å². The van der Waals surface area contributed by atoms with Gasteiger partial charge in [0.2, 0.25) is 0 Å². The number of ether oxygens (including phenoxy) is 3. The molecule has 13 heavy (non-hydrogen) atoms. The van der Waals surface area contributed by atoms with Gasteiger partial charge in [0.15, 0.2) is 0 Å². The molecule has 0 aromatic rings. The molecule has 0 spiro atoms. The monoisotopic (exact) mass is 204 g/mol. The molecule has 74 valence electrons. The van der Waals surface area contributed by atoms with E-state index in [0.717, 1.165) is 0 Å². The lowest BCUT2D eigenvalue weighted by atomic mass is 10.3. The predicted octanol–water partition coefficient (Wildman–Crippen LogP) is 0.659. The fourth-order valence-electron chi connectivity index (χ4n) is 0.961. The summed E-state index contributed by atoms with van der Waals surface area (Å²) >= 11 is 5.35. The fraction of sp³-hybridized carbons (Fsp3) is 0.778. The molecule has 0 aromatic carbocycles. The average molecular weight is 205 g/mol. The molecule has 0 unspecified atom stereocenters. The van der Waals surface area contributed by atoms with E-state index in [1.807, 2.05) is 0 Å². The van der Waals surface area contributed by atoms with Crippen molar-refractivity contribution in [2.45, 2.75) is 12.2 Å². The minimum absolute atomic E-state index is 0.192. The molecule has 1 aliphatic heterocycles. The van der Waals surface area contributed by atoms with E-state index in [9.17, 15) is 0 Å². The summed E-state index contributed by atoms with van der Waals surface area (Å²) in [4.78, 5) is 0. The van der Waals surface area contributed by atoms with Crippen molar-refractivity contribution >= 4 is 11.6 Å². The first kappa shape index (κ1) is 10.8. The van der Waals surface area contributed by atoms with Gasteiger partial charge < -0.3 is 14.2 Å². The highest BCUT2D eigenvalue weighted by Crippen LogP contribution is 2.21. The largest absolute Gasteiger partial charge is 0.382 e. The highest BCUT2D eigenvalue weighted by Gasteiger charge is 2.38. The molecule has 0 aromatic heterocycles. The first-order chi connectivity index (χ1) is 6.38. The van der Waals surface area contributed by atoms with Crippen LogP contribution in [0, 0.1) is 11.8 Å². The molecule has 1 fully saturated rings. The van der Waals surface area contributed by atoms with Crippen LogP contribution in [0.1, 0.15) is 0 Å². The third-order valence-electron chi connectivity index (χ3n) is 1.67. The summed E-state index contributed by atoms with van der Waals surface area (Å²) in [5.74, 6) is 5.83. The van der Waals surface area contributed by atoms with E-state index in [4.69, 9.17) is 25.8 Å². The molecule has 0 amide bonds. The fourth-order valence-corrected chi connectivity index (χ4v) is 1.06. The van der Waals surface area contributed by atoms with Crippen molar-refractivity contribution in [3.05, 3.63) is 0 Å². The van der Waals surface area contributed by atoms with Gasteiger partial charge in [0.1, 0.15) is 18.8 Å². The second-order valence-electron chi connectivity index (χ2n) is 2.67. The van der Waals surface area contributed by atoms with Gasteiger partial charge >= 0.3 is 0 Å². The van der Waals surface area contributed by atoms with E-state index in [0.29, 0.717) is 25.7 Å². The SMILES string of the molecule is COC[C@H]1O[C@H]1COCC#CCCl. The Morgan fingerprint density at radius 3 is 2.77 bits per heavy atom. The Hall–Kier alpha value is -0.270. The Kier molecular flexibility index (Phi) is 5.18. The summed E-state index contributed by atoms with van der Waals surface area (Å²) in [6.45, 7) is 1.65. The maximum absolute atomic E-state index is 5.35. The smallest absolute Gasteiger partial charge is 0.110 e. The van der Waals surface area contributed by atoms with Crippen molar-refractivity contribution in [1.29, 1.82) is 0 Å². The molecule has 4 heteroatoms. The van der Waals surface area contributed by atoms with Crippen molar-refractivity contribution in [2.24, 2.45) is 0 Å². The average Bonchev–Trinajstić information content (AvgIpc) is 2.84. The second-order valence-corrected chi connectivity index (χ2v) is 2.94. The van der Waals surface area contributed by atoms with Gasteiger partial charge in [-0.2, -0.15) is 0 Å². The molecule has 1 heterocycles. The zero-order valence-corrected chi connectivity index (χ0v) is 8.34. The van der Waals surface area contributed by atoms with Gasteiger partial charge in [-0.25, -0.2) is 0 Å².